The van der Waals surface area contributed by atoms with Crippen LogP contribution in [-0.4, -0.2) is 34.8 Å². The first kappa shape index (κ1) is 16.3. The third-order valence-corrected chi connectivity index (χ3v) is 4.68. The van der Waals surface area contributed by atoms with Crippen LogP contribution in [0.15, 0.2) is 48.5 Å². The second-order valence-electron chi connectivity index (χ2n) is 6.49. The van der Waals surface area contributed by atoms with E-state index >= 15 is 0 Å². The van der Waals surface area contributed by atoms with Crippen molar-refractivity contribution in [2.24, 2.45) is 0 Å². The van der Waals surface area contributed by atoms with Crippen molar-refractivity contribution in [1.82, 2.24) is 15.2 Å². The SMILES string of the molecule is Cc1ccc2[nH]c(C(=O)N3CCNC(=O)C3c3ccccc3F)cc2c1. The zero-order valence-corrected chi connectivity index (χ0v) is 14.3. The molecule has 0 spiro atoms. The van der Waals surface area contributed by atoms with Gasteiger partial charge >= 0.3 is 0 Å². The number of aryl methyl sites for hydroxylation is 1. The monoisotopic (exact) mass is 351 g/mol. The number of aromatic nitrogens is 1. The number of piperazine rings is 1. The maximum absolute atomic E-state index is 14.3. The predicted octanol–water partition coefficient (Wildman–Crippen LogP) is 2.93. The molecular formula is C20H18FN3O2. The summed E-state index contributed by atoms with van der Waals surface area (Å²) in [5.74, 6) is -1.19. The van der Waals surface area contributed by atoms with E-state index in [1.807, 2.05) is 25.1 Å². The first-order chi connectivity index (χ1) is 12.5. The Bertz CT molecular complexity index is 1010. The summed E-state index contributed by atoms with van der Waals surface area (Å²) in [7, 11) is 0. The van der Waals surface area contributed by atoms with Crippen LogP contribution in [0.5, 0.6) is 0 Å². The minimum absolute atomic E-state index is 0.199. The molecule has 1 saturated heterocycles. The number of hydrogen-bond acceptors (Lipinski definition) is 2. The van der Waals surface area contributed by atoms with Gasteiger partial charge in [-0.15, -0.1) is 0 Å². The minimum Gasteiger partial charge on any atom is -0.352 e. The van der Waals surface area contributed by atoms with Gasteiger partial charge in [-0.2, -0.15) is 0 Å². The van der Waals surface area contributed by atoms with E-state index in [0.29, 0.717) is 18.8 Å². The van der Waals surface area contributed by atoms with Gasteiger partial charge in [-0.05, 0) is 31.2 Å². The lowest BCUT2D eigenvalue weighted by Crippen LogP contribution is -2.52. The molecule has 2 N–H and O–H groups in total. The molecule has 3 aromatic rings. The van der Waals surface area contributed by atoms with Crippen molar-refractivity contribution in [1.29, 1.82) is 0 Å². The maximum atomic E-state index is 14.3. The molecule has 1 atom stereocenters. The summed E-state index contributed by atoms with van der Waals surface area (Å²) in [6.07, 6.45) is 0. The van der Waals surface area contributed by atoms with E-state index < -0.39 is 11.9 Å². The highest BCUT2D eigenvalue weighted by Crippen LogP contribution is 2.28. The lowest BCUT2D eigenvalue weighted by molar-refractivity contribution is -0.128. The Morgan fingerprint density at radius 3 is 2.81 bits per heavy atom. The fourth-order valence-electron chi connectivity index (χ4n) is 3.41. The third-order valence-electron chi connectivity index (χ3n) is 4.68. The lowest BCUT2D eigenvalue weighted by Gasteiger charge is -2.35. The van der Waals surface area contributed by atoms with Gasteiger partial charge in [0.1, 0.15) is 17.6 Å². The molecule has 2 amide bonds. The highest BCUT2D eigenvalue weighted by Gasteiger charge is 2.36. The predicted molar refractivity (Wildman–Crippen MR) is 96.2 cm³/mol. The van der Waals surface area contributed by atoms with E-state index in [9.17, 15) is 14.0 Å². The molecule has 1 fully saturated rings. The summed E-state index contributed by atoms with van der Waals surface area (Å²) in [6.45, 7) is 2.64. The number of nitrogens with one attached hydrogen (secondary N) is 2. The van der Waals surface area contributed by atoms with E-state index in [1.165, 1.54) is 11.0 Å². The van der Waals surface area contributed by atoms with Crippen LogP contribution in [0, 0.1) is 12.7 Å². The quantitative estimate of drug-likeness (QED) is 0.746. The molecule has 0 bridgehead atoms. The van der Waals surface area contributed by atoms with Crippen LogP contribution in [0.25, 0.3) is 10.9 Å². The Morgan fingerprint density at radius 1 is 1.19 bits per heavy atom. The van der Waals surface area contributed by atoms with Crippen molar-refractivity contribution in [3.63, 3.8) is 0 Å². The summed E-state index contributed by atoms with van der Waals surface area (Å²) in [6, 6.07) is 12.7. The third kappa shape index (κ3) is 2.73. The van der Waals surface area contributed by atoms with Crippen LogP contribution in [0.3, 0.4) is 0 Å². The second-order valence-corrected chi connectivity index (χ2v) is 6.49. The molecule has 4 rings (SSSR count). The molecule has 0 aliphatic carbocycles. The average molecular weight is 351 g/mol. The molecule has 0 saturated carbocycles. The first-order valence-electron chi connectivity index (χ1n) is 8.47. The van der Waals surface area contributed by atoms with Crippen LogP contribution in [-0.2, 0) is 4.79 Å². The van der Waals surface area contributed by atoms with Gasteiger partial charge in [-0.25, -0.2) is 4.39 Å². The van der Waals surface area contributed by atoms with E-state index in [4.69, 9.17) is 0 Å². The summed E-state index contributed by atoms with van der Waals surface area (Å²) in [4.78, 5) is 30.0. The number of carbonyl (C=O) groups excluding carboxylic acids is 2. The normalized spacial score (nSPS) is 17.4. The van der Waals surface area contributed by atoms with Crippen molar-refractivity contribution in [2.75, 3.05) is 13.1 Å². The molecule has 5 nitrogen and oxygen atoms in total. The van der Waals surface area contributed by atoms with E-state index in [0.717, 1.165) is 16.5 Å². The van der Waals surface area contributed by atoms with Crippen LogP contribution in [0.1, 0.15) is 27.7 Å². The van der Waals surface area contributed by atoms with Gasteiger partial charge in [0.25, 0.3) is 5.91 Å². The van der Waals surface area contributed by atoms with Crippen LogP contribution in [0.2, 0.25) is 0 Å². The van der Waals surface area contributed by atoms with Gasteiger partial charge in [-0.3, -0.25) is 9.59 Å². The standard InChI is InChI=1S/C20H18FN3O2/c1-12-6-7-16-13(10-12)11-17(23-16)20(26)24-9-8-22-19(25)18(24)14-4-2-3-5-15(14)21/h2-7,10-11,18,23H,8-9H2,1H3,(H,22,25). The average Bonchev–Trinajstić information content (AvgIpc) is 3.05. The molecule has 1 aliphatic rings. The molecule has 6 heteroatoms. The summed E-state index contributed by atoms with van der Waals surface area (Å²) >= 11 is 0. The Hall–Kier alpha value is -3.15. The first-order valence-corrected chi connectivity index (χ1v) is 8.47. The van der Waals surface area contributed by atoms with Gasteiger partial charge < -0.3 is 15.2 Å². The fourth-order valence-corrected chi connectivity index (χ4v) is 3.41. The molecule has 1 aliphatic heterocycles. The van der Waals surface area contributed by atoms with Gasteiger partial charge in [0, 0.05) is 29.6 Å². The number of carbonyl (C=O) groups is 2. The molecule has 26 heavy (non-hydrogen) atoms. The zero-order chi connectivity index (χ0) is 18.3. The molecule has 1 unspecified atom stereocenters. The van der Waals surface area contributed by atoms with E-state index in [1.54, 1.807) is 24.3 Å². The topological polar surface area (TPSA) is 65.2 Å². The van der Waals surface area contributed by atoms with Crippen LogP contribution < -0.4 is 5.32 Å². The van der Waals surface area contributed by atoms with Gasteiger partial charge in [-0.1, -0.05) is 29.8 Å². The van der Waals surface area contributed by atoms with Gasteiger partial charge in [0.2, 0.25) is 5.91 Å². The lowest BCUT2D eigenvalue weighted by atomic mass is 10.0. The van der Waals surface area contributed by atoms with Crippen molar-refractivity contribution < 1.29 is 14.0 Å². The van der Waals surface area contributed by atoms with Crippen molar-refractivity contribution in [3.8, 4) is 0 Å². The molecular weight excluding hydrogens is 333 g/mol. The smallest absolute Gasteiger partial charge is 0.271 e. The maximum Gasteiger partial charge on any atom is 0.271 e. The molecule has 2 aromatic carbocycles. The highest BCUT2D eigenvalue weighted by molar-refractivity contribution is 6.01. The summed E-state index contributed by atoms with van der Waals surface area (Å²) in [5.41, 5.74) is 2.53. The number of amides is 2. The van der Waals surface area contributed by atoms with Gasteiger partial charge in [0.15, 0.2) is 0 Å². The van der Waals surface area contributed by atoms with Crippen molar-refractivity contribution in [2.45, 2.75) is 13.0 Å². The highest BCUT2D eigenvalue weighted by atomic mass is 19.1. The Morgan fingerprint density at radius 2 is 2.00 bits per heavy atom. The van der Waals surface area contributed by atoms with Crippen LogP contribution >= 0.6 is 0 Å². The second kappa shape index (κ2) is 6.29. The number of halogens is 1. The number of rotatable bonds is 2. The number of aromatic amines is 1. The largest absolute Gasteiger partial charge is 0.352 e. The summed E-state index contributed by atoms with van der Waals surface area (Å²) < 4.78 is 14.3. The van der Waals surface area contributed by atoms with Crippen LogP contribution in [0.4, 0.5) is 4.39 Å². The Balaban J connectivity index is 1.74. The number of nitrogens with zero attached hydrogens (tertiary/aromatic N) is 1. The molecule has 0 radical (unpaired) electrons. The number of fused-ring (bicyclic) bond motifs is 1. The van der Waals surface area contributed by atoms with Crippen molar-refractivity contribution in [3.05, 3.63) is 71.2 Å². The Labute approximate surface area is 149 Å². The molecule has 132 valence electrons. The number of benzene rings is 2. The zero-order valence-electron chi connectivity index (χ0n) is 14.3. The molecule has 1 aromatic heterocycles. The Kier molecular flexibility index (Phi) is 3.95. The van der Waals surface area contributed by atoms with Crippen molar-refractivity contribution >= 4 is 22.7 Å². The molecule has 2 heterocycles. The van der Waals surface area contributed by atoms with E-state index in [2.05, 4.69) is 10.3 Å². The number of hydrogen-bond donors (Lipinski definition) is 2. The number of H-pyrrole nitrogens is 1. The minimum atomic E-state index is -0.981. The van der Waals surface area contributed by atoms with E-state index in [-0.39, 0.29) is 17.4 Å². The summed E-state index contributed by atoms with van der Waals surface area (Å²) in [5, 5.41) is 3.65. The fraction of sp³-hybridized carbons (Fsp3) is 0.200. The van der Waals surface area contributed by atoms with Gasteiger partial charge in [0.05, 0.1) is 0 Å².